The fraction of sp³-hybridized carbons (Fsp3) is 0.222. The van der Waals surface area contributed by atoms with Crippen molar-refractivity contribution < 1.29 is 4.79 Å². The topological polar surface area (TPSA) is 41.1 Å². The van der Waals surface area contributed by atoms with Gasteiger partial charge < -0.3 is 10.6 Å². The number of rotatable bonds is 0. The summed E-state index contributed by atoms with van der Waals surface area (Å²) in [6.45, 7) is 0.652. The molecule has 1 aromatic carbocycles. The molecule has 0 aromatic heterocycles. The number of nitrogens with one attached hydrogen (secondary N) is 2. The van der Waals surface area contributed by atoms with E-state index in [1.165, 1.54) is 0 Å². The zero-order chi connectivity index (χ0) is 9.26. The molecule has 3 nitrogen and oxygen atoms in total. The third kappa shape index (κ3) is 1.75. The van der Waals surface area contributed by atoms with Crippen molar-refractivity contribution in [1.29, 1.82) is 0 Å². The van der Waals surface area contributed by atoms with Crippen LogP contribution in [0.1, 0.15) is 6.42 Å². The Morgan fingerprint density at radius 1 is 1.31 bits per heavy atom. The van der Waals surface area contributed by atoms with Crippen LogP contribution in [0.2, 0.25) is 5.02 Å². The summed E-state index contributed by atoms with van der Waals surface area (Å²) >= 11 is 5.81. The zero-order valence-corrected chi connectivity index (χ0v) is 7.69. The van der Waals surface area contributed by atoms with E-state index in [9.17, 15) is 4.79 Å². The minimum absolute atomic E-state index is 0.0357. The number of fused-ring (bicyclic) bond motifs is 1. The third-order valence-electron chi connectivity index (χ3n) is 1.92. The van der Waals surface area contributed by atoms with Crippen molar-refractivity contribution >= 4 is 28.9 Å². The number of benzene rings is 1. The van der Waals surface area contributed by atoms with Crippen molar-refractivity contribution in [3.05, 3.63) is 23.2 Å². The molecule has 2 N–H and O–H groups in total. The molecule has 1 aliphatic rings. The van der Waals surface area contributed by atoms with E-state index in [0.29, 0.717) is 18.0 Å². The second-order valence-corrected chi connectivity index (χ2v) is 3.35. The molecule has 0 unspecified atom stereocenters. The van der Waals surface area contributed by atoms with Gasteiger partial charge in [-0.3, -0.25) is 4.79 Å². The standard InChI is InChI=1S/C9H9ClN2O/c10-6-1-2-7-8(5-6)11-4-3-9(13)12-7/h1-2,5,11H,3-4H2,(H,12,13). The maximum atomic E-state index is 11.1. The van der Waals surface area contributed by atoms with Gasteiger partial charge in [-0.15, -0.1) is 0 Å². The van der Waals surface area contributed by atoms with E-state index in [2.05, 4.69) is 10.6 Å². The van der Waals surface area contributed by atoms with Crippen molar-refractivity contribution in [2.24, 2.45) is 0 Å². The molecule has 0 atom stereocenters. The molecule has 13 heavy (non-hydrogen) atoms. The van der Waals surface area contributed by atoms with Crippen molar-refractivity contribution in [2.75, 3.05) is 17.2 Å². The van der Waals surface area contributed by atoms with Crippen molar-refractivity contribution in [3.63, 3.8) is 0 Å². The van der Waals surface area contributed by atoms with Crippen LogP contribution in [0.4, 0.5) is 11.4 Å². The molecular formula is C9H9ClN2O. The van der Waals surface area contributed by atoms with Gasteiger partial charge in [0.25, 0.3) is 0 Å². The summed E-state index contributed by atoms with van der Waals surface area (Å²) in [5, 5.41) is 6.59. The lowest BCUT2D eigenvalue weighted by molar-refractivity contribution is -0.115. The van der Waals surface area contributed by atoms with Crippen LogP contribution < -0.4 is 10.6 Å². The van der Waals surface area contributed by atoms with Gasteiger partial charge in [-0.1, -0.05) is 11.6 Å². The number of halogens is 1. The summed E-state index contributed by atoms with van der Waals surface area (Å²) in [4.78, 5) is 11.1. The van der Waals surface area contributed by atoms with Gasteiger partial charge in [0.1, 0.15) is 0 Å². The van der Waals surface area contributed by atoms with Crippen LogP contribution in [0, 0.1) is 0 Å². The first-order valence-corrected chi connectivity index (χ1v) is 4.47. The molecule has 4 heteroatoms. The number of hydrogen-bond acceptors (Lipinski definition) is 2. The van der Waals surface area contributed by atoms with Crippen LogP contribution in [0.5, 0.6) is 0 Å². The maximum Gasteiger partial charge on any atom is 0.226 e. The molecule has 0 saturated heterocycles. The molecule has 0 aliphatic carbocycles. The van der Waals surface area contributed by atoms with Gasteiger partial charge in [0, 0.05) is 18.0 Å². The molecule has 0 saturated carbocycles. The summed E-state index contributed by atoms with van der Waals surface area (Å²) in [5.41, 5.74) is 1.69. The van der Waals surface area contributed by atoms with Gasteiger partial charge in [0.15, 0.2) is 0 Å². The van der Waals surface area contributed by atoms with Crippen LogP contribution in [0.3, 0.4) is 0 Å². The Morgan fingerprint density at radius 2 is 2.15 bits per heavy atom. The monoisotopic (exact) mass is 196 g/mol. The first-order chi connectivity index (χ1) is 6.25. The lowest BCUT2D eigenvalue weighted by Crippen LogP contribution is -2.10. The Kier molecular flexibility index (Phi) is 2.10. The average Bonchev–Trinajstić information content (AvgIpc) is 2.25. The van der Waals surface area contributed by atoms with Crippen molar-refractivity contribution in [1.82, 2.24) is 0 Å². The molecule has 1 aliphatic heterocycles. The molecule has 1 heterocycles. The molecule has 1 amide bonds. The number of amides is 1. The van der Waals surface area contributed by atoms with Gasteiger partial charge in [-0.2, -0.15) is 0 Å². The Morgan fingerprint density at radius 3 is 3.00 bits per heavy atom. The SMILES string of the molecule is O=C1CCNc2cc(Cl)ccc2N1. The van der Waals surface area contributed by atoms with Gasteiger partial charge >= 0.3 is 0 Å². The largest absolute Gasteiger partial charge is 0.383 e. The predicted molar refractivity (Wildman–Crippen MR) is 53.2 cm³/mol. The molecule has 2 rings (SSSR count). The van der Waals surface area contributed by atoms with Gasteiger partial charge in [0.05, 0.1) is 11.4 Å². The van der Waals surface area contributed by atoms with Crippen LogP contribution in [-0.4, -0.2) is 12.5 Å². The fourth-order valence-electron chi connectivity index (χ4n) is 1.30. The van der Waals surface area contributed by atoms with E-state index in [4.69, 9.17) is 11.6 Å². The molecular weight excluding hydrogens is 188 g/mol. The Bertz CT molecular complexity index is 351. The Labute approximate surface area is 81.1 Å². The predicted octanol–water partition coefficient (Wildman–Crippen LogP) is 2.09. The first-order valence-electron chi connectivity index (χ1n) is 4.09. The maximum absolute atomic E-state index is 11.1. The number of carbonyl (C=O) groups excluding carboxylic acids is 1. The second-order valence-electron chi connectivity index (χ2n) is 2.91. The van der Waals surface area contributed by atoms with Crippen molar-refractivity contribution in [2.45, 2.75) is 6.42 Å². The third-order valence-corrected chi connectivity index (χ3v) is 2.16. The van der Waals surface area contributed by atoms with Crippen LogP contribution in [0.15, 0.2) is 18.2 Å². The smallest absolute Gasteiger partial charge is 0.226 e. The quantitative estimate of drug-likeness (QED) is 0.667. The minimum Gasteiger partial charge on any atom is -0.383 e. The van der Waals surface area contributed by atoms with Crippen molar-refractivity contribution in [3.8, 4) is 0 Å². The van der Waals surface area contributed by atoms with E-state index < -0.39 is 0 Å². The fourth-order valence-corrected chi connectivity index (χ4v) is 1.47. The molecule has 0 radical (unpaired) electrons. The van der Waals surface area contributed by atoms with E-state index in [-0.39, 0.29) is 5.91 Å². The summed E-state index contributed by atoms with van der Waals surface area (Å²) in [6.07, 6.45) is 0.492. The van der Waals surface area contributed by atoms with Crippen LogP contribution >= 0.6 is 11.6 Å². The van der Waals surface area contributed by atoms with E-state index in [0.717, 1.165) is 11.4 Å². The van der Waals surface area contributed by atoms with E-state index >= 15 is 0 Å². The highest BCUT2D eigenvalue weighted by Gasteiger charge is 2.11. The Hall–Kier alpha value is -1.22. The van der Waals surface area contributed by atoms with Gasteiger partial charge in [-0.05, 0) is 18.2 Å². The van der Waals surface area contributed by atoms with Crippen LogP contribution in [0.25, 0.3) is 0 Å². The highest BCUT2D eigenvalue weighted by Crippen LogP contribution is 2.27. The van der Waals surface area contributed by atoms with E-state index in [1.807, 2.05) is 6.07 Å². The highest BCUT2D eigenvalue weighted by atomic mass is 35.5. The number of carbonyl (C=O) groups is 1. The molecule has 0 spiro atoms. The van der Waals surface area contributed by atoms with Gasteiger partial charge in [-0.25, -0.2) is 0 Å². The zero-order valence-electron chi connectivity index (χ0n) is 6.93. The minimum atomic E-state index is 0.0357. The van der Waals surface area contributed by atoms with Crippen LogP contribution in [-0.2, 0) is 4.79 Å². The van der Waals surface area contributed by atoms with Gasteiger partial charge in [0.2, 0.25) is 5.91 Å². The summed E-state index contributed by atoms with van der Waals surface area (Å²) < 4.78 is 0. The molecule has 0 bridgehead atoms. The highest BCUT2D eigenvalue weighted by molar-refractivity contribution is 6.31. The number of hydrogen-bond donors (Lipinski definition) is 2. The Balaban J connectivity index is 2.40. The first kappa shape index (κ1) is 8.38. The molecule has 0 fully saturated rings. The average molecular weight is 197 g/mol. The van der Waals surface area contributed by atoms with E-state index in [1.54, 1.807) is 12.1 Å². The molecule has 1 aromatic rings. The second kappa shape index (κ2) is 3.26. The lowest BCUT2D eigenvalue weighted by atomic mass is 10.2. The summed E-state index contributed by atoms with van der Waals surface area (Å²) in [5.74, 6) is 0.0357. The summed E-state index contributed by atoms with van der Waals surface area (Å²) in [7, 11) is 0. The lowest BCUT2D eigenvalue weighted by Gasteiger charge is -2.06. The molecule has 68 valence electrons. The summed E-state index contributed by atoms with van der Waals surface area (Å²) in [6, 6.07) is 5.37. The normalized spacial score (nSPS) is 15.3. The number of anilines is 2.